The number of fused-ring (bicyclic) bond motifs is 1. The second-order valence-electron chi connectivity index (χ2n) is 6.93. The Morgan fingerprint density at radius 2 is 2.00 bits per heavy atom. The largest absolute Gasteiger partial charge is 0.338 e. The average molecular weight is 277 g/mol. The highest BCUT2D eigenvalue weighted by Gasteiger charge is 2.33. The Balaban J connectivity index is 1.62. The zero-order valence-corrected chi connectivity index (χ0v) is 12.8. The molecular weight excluding hydrogens is 250 g/mol. The molecule has 20 heavy (non-hydrogen) atoms. The van der Waals surface area contributed by atoms with E-state index < -0.39 is 0 Å². The SMILES string of the molecule is CC(C)Cc1noc(CN2CCCC3CCCCC32)n1. The third kappa shape index (κ3) is 3.22. The van der Waals surface area contributed by atoms with Gasteiger partial charge in [0.1, 0.15) is 0 Å². The minimum atomic E-state index is 0.582. The molecule has 1 aromatic heterocycles. The molecule has 4 heteroatoms. The maximum atomic E-state index is 5.45. The summed E-state index contributed by atoms with van der Waals surface area (Å²) in [7, 11) is 0. The normalized spacial score (nSPS) is 27.8. The summed E-state index contributed by atoms with van der Waals surface area (Å²) in [6.45, 7) is 6.43. The minimum absolute atomic E-state index is 0.582. The van der Waals surface area contributed by atoms with Gasteiger partial charge >= 0.3 is 0 Å². The lowest BCUT2D eigenvalue weighted by atomic mass is 9.78. The third-order valence-electron chi connectivity index (χ3n) is 4.80. The predicted octanol–water partition coefficient (Wildman–Crippen LogP) is 3.42. The maximum absolute atomic E-state index is 5.45. The van der Waals surface area contributed by atoms with Crippen LogP contribution in [-0.2, 0) is 13.0 Å². The van der Waals surface area contributed by atoms with Crippen LogP contribution >= 0.6 is 0 Å². The number of hydrogen-bond acceptors (Lipinski definition) is 4. The van der Waals surface area contributed by atoms with Crippen molar-refractivity contribution in [2.75, 3.05) is 6.54 Å². The molecule has 1 saturated heterocycles. The fourth-order valence-electron chi connectivity index (χ4n) is 3.90. The van der Waals surface area contributed by atoms with Crippen LogP contribution in [0.15, 0.2) is 4.52 Å². The molecule has 2 atom stereocenters. The van der Waals surface area contributed by atoms with Gasteiger partial charge in [-0.3, -0.25) is 4.90 Å². The van der Waals surface area contributed by atoms with E-state index >= 15 is 0 Å². The number of rotatable bonds is 4. The van der Waals surface area contributed by atoms with Gasteiger partial charge < -0.3 is 4.52 Å². The molecule has 2 heterocycles. The van der Waals surface area contributed by atoms with Crippen LogP contribution in [0.2, 0.25) is 0 Å². The van der Waals surface area contributed by atoms with Crippen molar-refractivity contribution in [3.8, 4) is 0 Å². The second-order valence-corrected chi connectivity index (χ2v) is 6.93. The van der Waals surface area contributed by atoms with E-state index in [4.69, 9.17) is 4.52 Å². The number of likely N-dealkylation sites (tertiary alicyclic amines) is 1. The smallest absolute Gasteiger partial charge is 0.240 e. The molecule has 112 valence electrons. The highest BCUT2D eigenvalue weighted by Crippen LogP contribution is 2.35. The predicted molar refractivity (Wildman–Crippen MR) is 78.2 cm³/mol. The van der Waals surface area contributed by atoms with Crippen molar-refractivity contribution in [3.63, 3.8) is 0 Å². The average Bonchev–Trinajstić information content (AvgIpc) is 2.86. The van der Waals surface area contributed by atoms with E-state index in [1.165, 1.54) is 45.1 Å². The van der Waals surface area contributed by atoms with Crippen molar-refractivity contribution in [1.29, 1.82) is 0 Å². The van der Waals surface area contributed by atoms with E-state index in [2.05, 4.69) is 28.9 Å². The van der Waals surface area contributed by atoms with Crippen LogP contribution in [-0.4, -0.2) is 27.6 Å². The summed E-state index contributed by atoms with van der Waals surface area (Å²) >= 11 is 0. The first-order valence-electron chi connectivity index (χ1n) is 8.28. The monoisotopic (exact) mass is 277 g/mol. The Kier molecular flexibility index (Phi) is 4.39. The number of hydrogen-bond donors (Lipinski definition) is 0. The molecule has 2 aliphatic rings. The third-order valence-corrected chi connectivity index (χ3v) is 4.80. The van der Waals surface area contributed by atoms with Crippen LogP contribution in [0, 0.1) is 11.8 Å². The molecule has 1 aromatic rings. The van der Waals surface area contributed by atoms with Crippen LogP contribution in [0.3, 0.4) is 0 Å². The van der Waals surface area contributed by atoms with Gasteiger partial charge in [0.15, 0.2) is 5.82 Å². The summed E-state index contributed by atoms with van der Waals surface area (Å²) in [4.78, 5) is 7.16. The first-order chi connectivity index (χ1) is 9.72. The highest BCUT2D eigenvalue weighted by molar-refractivity contribution is 4.92. The molecule has 1 aliphatic heterocycles. The van der Waals surface area contributed by atoms with E-state index in [0.717, 1.165) is 36.6 Å². The van der Waals surface area contributed by atoms with Gasteiger partial charge in [0.05, 0.1) is 6.54 Å². The summed E-state index contributed by atoms with van der Waals surface area (Å²) < 4.78 is 5.45. The summed E-state index contributed by atoms with van der Waals surface area (Å²) in [5.41, 5.74) is 0. The fourth-order valence-corrected chi connectivity index (χ4v) is 3.90. The second kappa shape index (κ2) is 6.25. The Morgan fingerprint density at radius 1 is 1.20 bits per heavy atom. The molecule has 1 saturated carbocycles. The highest BCUT2D eigenvalue weighted by atomic mass is 16.5. The van der Waals surface area contributed by atoms with Gasteiger partial charge in [-0.2, -0.15) is 4.98 Å². The quantitative estimate of drug-likeness (QED) is 0.845. The van der Waals surface area contributed by atoms with Gasteiger partial charge in [-0.25, -0.2) is 0 Å². The molecule has 0 aromatic carbocycles. The number of piperidine rings is 1. The van der Waals surface area contributed by atoms with Crippen LogP contribution in [0.1, 0.15) is 64.1 Å². The van der Waals surface area contributed by atoms with Gasteiger partial charge in [0.2, 0.25) is 5.89 Å². The van der Waals surface area contributed by atoms with Crippen molar-refractivity contribution >= 4 is 0 Å². The summed E-state index contributed by atoms with van der Waals surface area (Å²) in [6.07, 6.45) is 9.25. The Morgan fingerprint density at radius 3 is 2.85 bits per heavy atom. The minimum Gasteiger partial charge on any atom is -0.338 e. The Bertz CT molecular complexity index is 427. The van der Waals surface area contributed by atoms with Crippen LogP contribution in [0.4, 0.5) is 0 Å². The number of nitrogens with zero attached hydrogens (tertiary/aromatic N) is 3. The topological polar surface area (TPSA) is 42.2 Å². The van der Waals surface area contributed by atoms with E-state index in [1.807, 2.05) is 0 Å². The molecule has 0 amide bonds. The van der Waals surface area contributed by atoms with E-state index in [1.54, 1.807) is 0 Å². The number of aromatic nitrogens is 2. The van der Waals surface area contributed by atoms with Crippen molar-refractivity contribution in [3.05, 3.63) is 11.7 Å². The zero-order valence-electron chi connectivity index (χ0n) is 12.8. The molecule has 3 rings (SSSR count). The molecule has 1 aliphatic carbocycles. The zero-order chi connectivity index (χ0) is 13.9. The molecule has 0 radical (unpaired) electrons. The lowest BCUT2D eigenvalue weighted by molar-refractivity contribution is 0.0466. The fraction of sp³-hybridized carbons (Fsp3) is 0.875. The first-order valence-corrected chi connectivity index (χ1v) is 8.28. The van der Waals surface area contributed by atoms with Gasteiger partial charge in [0.25, 0.3) is 0 Å². The van der Waals surface area contributed by atoms with Gasteiger partial charge in [0, 0.05) is 12.5 Å². The van der Waals surface area contributed by atoms with Crippen LogP contribution in [0.5, 0.6) is 0 Å². The molecular formula is C16H27N3O. The van der Waals surface area contributed by atoms with Gasteiger partial charge in [-0.05, 0) is 44.1 Å². The van der Waals surface area contributed by atoms with Gasteiger partial charge in [-0.1, -0.05) is 31.8 Å². The van der Waals surface area contributed by atoms with E-state index in [-0.39, 0.29) is 0 Å². The first kappa shape index (κ1) is 14.1. The van der Waals surface area contributed by atoms with Crippen molar-refractivity contribution in [2.45, 2.75) is 71.4 Å². The van der Waals surface area contributed by atoms with Crippen molar-refractivity contribution in [2.24, 2.45) is 11.8 Å². The lowest BCUT2D eigenvalue weighted by Gasteiger charge is -2.43. The maximum Gasteiger partial charge on any atom is 0.240 e. The van der Waals surface area contributed by atoms with E-state index in [9.17, 15) is 0 Å². The standard InChI is InChI=1S/C16H27N3O/c1-12(2)10-15-17-16(20-18-15)11-19-9-5-7-13-6-3-4-8-14(13)19/h12-14H,3-11H2,1-2H3. The molecule has 0 N–H and O–H groups in total. The van der Waals surface area contributed by atoms with Crippen molar-refractivity contribution < 1.29 is 4.52 Å². The Hall–Kier alpha value is -0.900. The van der Waals surface area contributed by atoms with Gasteiger partial charge in [-0.15, -0.1) is 0 Å². The van der Waals surface area contributed by atoms with Crippen molar-refractivity contribution in [1.82, 2.24) is 15.0 Å². The molecule has 4 nitrogen and oxygen atoms in total. The summed E-state index contributed by atoms with van der Waals surface area (Å²) in [6, 6.07) is 0.762. The lowest BCUT2D eigenvalue weighted by Crippen LogP contribution is -2.46. The van der Waals surface area contributed by atoms with Crippen LogP contribution in [0.25, 0.3) is 0 Å². The summed E-state index contributed by atoms with van der Waals surface area (Å²) in [5.74, 6) is 3.17. The molecule has 0 bridgehead atoms. The molecule has 0 spiro atoms. The molecule has 2 fully saturated rings. The summed E-state index contributed by atoms with van der Waals surface area (Å²) in [5, 5.41) is 4.11. The van der Waals surface area contributed by atoms with Crippen LogP contribution < -0.4 is 0 Å². The molecule has 2 unspecified atom stereocenters. The van der Waals surface area contributed by atoms with E-state index in [0.29, 0.717) is 5.92 Å². The Labute approximate surface area is 121 Å².